The zero-order chi connectivity index (χ0) is 10.1. The third-order valence-electron chi connectivity index (χ3n) is 2.50. The largest absolute Gasteiger partial charge is 0.463 e. The number of aliphatic hydroxyl groups excluding tert-OH is 2. The van der Waals surface area contributed by atoms with E-state index in [2.05, 4.69) is 0 Å². The number of hydrogen-bond acceptors (Lipinski definition) is 5. The zero-order valence-corrected chi connectivity index (χ0v) is 7.76. The second kappa shape index (κ2) is 3.84. The second-order valence-corrected chi connectivity index (χ2v) is 3.84. The summed E-state index contributed by atoms with van der Waals surface area (Å²) in [6.45, 7) is 0.0353. The fraction of sp³-hybridized carbons (Fsp3) is 0.889. The van der Waals surface area contributed by atoms with Crippen molar-refractivity contribution in [3.05, 3.63) is 0 Å². The van der Waals surface area contributed by atoms with Crippen molar-refractivity contribution in [3.8, 4) is 0 Å². The highest BCUT2D eigenvalue weighted by atomic mass is 16.6. The van der Waals surface area contributed by atoms with E-state index in [9.17, 15) is 9.90 Å². The van der Waals surface area contributed by atoms with Crippen LogP contribution in [0.25, 0.3) is 0 Å². The Labute approximate surface area is 81.6 Å². The summed E-state index contributed by atoms with van der Waals surface area (Å²) < 4.78 is 9.89. The fourth-order valence-corrected chi connectivity index (χ4v) is 1.46. The highest BCUT2D eigenvalue weighted by molar-refractivity contribution is 5.74. The maximum absolute atomic E-state index is 11.1. The van der Waals surface area contributed by atoms with E-state index >= 15 is 0 Å². The first-order valence-corrected chi connectivity index (χ1v) is 4.85. The van der Waals surface area contributed by atoms with Crippen LogP contribution < -0.4 is 0 Å². The zero-order valence-electron chi connectivity index (χ0n) is 7.76. The topological polar surface area (TPSA) is 76.0 Å². The molecular weight excluding hydrogens is 188 g/mol. The molecule has 14 heavy (non-hydrogen) atoms. The van der Waals surface area contributed by atoms with Crippen molar-refractivity contribution in [1.82, 2.24) is 0 Å². The van der Waals surface area contributed by atoms with Gasteiger partial charge in [-0.2, -0.15) is 0 Å². The van der Waals surface area contributed by atoms with Gasteiger partial charge in [-0.1, -0.05) is 0 Å². The van der Waals surface area contributed by atoms with Gasteiger partial charge < -0.3 is 19.7 Å². The molecule has 1 saturated heterocycles. The number of carbonyl (C=O) groups is 1. The van der Waals surface area contributed by atoms with Crippen LogP contribution in [-0.4, -0.2) is 41.3 Å². The summed E-state index contributed by atoms with van der Waals surface area (Å²) in [7, 11) is 0. The van der Waals surface area contributed by atoms with E-state index in [0.717, 1.165) is 12.8 Å². The van der Waals surface area contributed by atoms with Crippen LogP contribution >= 0.6 is 0 Å². The van der Waals surface area contributed by atoms with Crippen LogP contribution in [0, 0.1) is 5.92 Å². The molecule has 80 valence electrons. The third-order valence-corrected chi connectivity index (χ3v) is 2.50. The molecule has 3 atom stereocenters. The van der Waals surface area contributed by atoms with Crippen LogP contribution in [0.5, 0.6) is 0 Å². The molecule has 0 aromatic carbocycles. The van der Waals surface area contributed by atoms with Crippen molar-refractivity contribution in [2.75, 3.05) is 6.61 Å². The molecule has 2 aliphatic rings. The number of esters is 1. The first-order valence-electron chi connectivity index (χ1n) is 4.85. The fourth-order valence-electron chi connectivity index (χ4n) is 1.46. The molecule has 0 aromatic rings. The van der Waals surface area contributed by atoms with E-state index in [4.69, 9.17) is 14.6 Å². The van der Waals surface area contributed by atoms with Crippen LogP contribution in [0.3, 0.4) is 0 Å². The molecule has 1 saturated carbocycles. The van der Waals surface area contributed by atoms with Crippen molar-refractivity contribution in [1.29, 1.82) is 0 Å². The molecule has 0 radical (unpaired) electrons. The van der Waals surface area contributed by atoms with Gasteiger partial charge in [0.2, 0.25) is 0 Å². The summed E-state index contributed by atoms with van der Waals surface area (Å²) in [5.74, 6) is -0.166. The first-order chi connectivity index (χ1) is 6.66. The standard InChI is InChI=1S/C9H14O5/c10-6-3-8(11)14-7(6)4-13-9(12)5-1-2-5/h5-8,10-11H,1-4H2/t6?,7-,8?/m0/s1. The molecular formula is C9H14O5. The highest BCUT2D eigenvalue weighted by Crippen LogP contribution is 2.30. The molecule has 0 spiro atoms. The Morgan fingerprint density at radius 3 is 2.64 bits per heavy atom. The van der Waals surface area contributed by atoms with Crippen molar-refractivity contribution in [3.63, 3.8) is 0 Å². The average Bonchev–Trinajstić information content (AvgIpc) is 2.90. The summed E-state index contributed by atoms with van der Waals surface area (Å²) in [5, 5.41) is 18.4. The number of carbonyl (C=O) groups excluding carboxylic acids is 1. The minimum atomic E-state index is -0.936. The van der Waals surface area contributed by atoms with Gasteiger partial charge in [0.15, 0.2) is 6.29 Å². The predicted octanol–water partition coefficient (Wildman–Crippen LogP) is -0.592. The van der Waals surface area contributed by atoms with Gasteiger partial charge in [-0.25, -0.2) is 0 Å². The Hall–Kier alpha value is -0.650. The molecule has 0 amide bonds. The number of rotatable bonds is 3. The molecule has 1 heterocycles. The molecule has 2 N–H and O–H groups in total. The van der Waals surface area contributed by atoms with Crippen molar-refractivity contribution in [2.45, 2.75) is 37.8 Å². The van der Waals surface area contributed by atoms with Crippen LogP contribution in [0.2, 0.25) is 0 Å². The predicted molar refractivity (Wildman–Crippen MR) is 45.2 cm³/mol. The average molecular weight is 202 g/mol. The molecule has 5 heteroatoms. The Morgan fingerprint density at radius 1 is 1.43 bits per heavy atom. The van der Waals surface area contributed by atoms with Crippen LogP contribution in [0.4, 0.5) is 0 Å². The van der Waals surface area contributed by atoms with E-state index < -0.39 is 18.5 Å². The van der Waals surface area contributed by atoms with Crippen LogP contribution in [0.1, 0.15) is 19.3 Å². The van der Waals surface area contributed by atoms with Gasteiger partial charge in [0.25, 0.3) is 0 Å². The Kier molecular flexibility index (Phi) is 2.71. The molecule has 2 fully saturated rings. The Balaban J connectivity index is 1.71. The summed E-state index contributed by atoms with van der Waals surface area (Å²) >= 11 is 0. The van der Waals surface area contributed by atoms with Crippen LogP contribution in [-0.2, 0) is 14.3 Å². The summed E-state index contributed by atoms with van der Waals surface area (Å²) in [6, 6.07) is 0. The molecule has 0 aromatic heterocycles. The Bertz CT molecular complexity index is 225. The summed E-state index contributed by atoms with van der Waals surface area (Å²) in [4.78, 5) is 11.1. The van der Waals surface area contributed by atoms with E-state index in [-0.39, 0.29) is 24.9 Å². The molecule has 5 nitrogen and oxygen atoms in total. The first kappa shape index (κ1) is 9.89. The monoisotopic (exact) mass is 202 g/mol. The quantitative estimate of drug-likeness (QED) is 0.598. The SMILES string of the molecule is O=C(OC[C@@H]1OC(O)CC1O)C1CC1. The van der Waals surface area contributed by atoms with Gasteiger partial charge in [0.05, 0.1) is 12.0 Å². The normalized spacial score (nSPS) is 37.1. The van der Waals surface area contributed by atoms with Crippen molar-refractivity contribution >= 4 is 5.97 Å². The summed E-state index contributed by atoms with van der Waals surface area (Å²) in [5.41, 5.74) is 0. The molecule has 1 aliphatic carbocycles. The molecule has 2 rings (SSSR count). The van der Waals surface area contributed by atoms with Gasteiger partial charge in [-0.3, -0.25) is 4.79 Å². The molecule has 1 aliphatic heterocycles. The van der Waals surface area contributed by atoms with Gasteiger partial charge in [-0.05, 0) is 12.8 Å². The smallest absolute Gasteiger partial charge is 0.309 e. The summed E-state index contributed by atoms with van der Waals surface area (Å²) in [6.07, 6.45) is -0.268. The number of aliphatic hydroxyl groups is 2. The van der Waals surface area contributed by atoms with Crippen molar-refractivity contribution in [2.24, 2.45) is 5.92 Å². The lowest BCUT2D eigenvalue weighted by Gasteiger charge is -2.13. The molecule has 2 unspecified atom stereocenters. The van der Waals surface area contributed by atoms with Gasteiger partial charge in [-0.15, -0.1) is 0 Å². The Morgan fingerprint density at radius 2 is 2.14 bits per heavy atom. The number of hydrogen-bond donors (Lipinski definition) is 2. The minimum Gasteiger partial charge on any atom is -0.463 e. The lowest BCUT2D eigenvalue weighted by atomic mass is 10.2. The lowest BCUT2D eigenvalue weighted by molar-refractivity contribution is -0.156. The second-order valence-electron chi connectivity index (χ2n) is 3.84. The van der Waals surface area contributed by atoms with E-state index in [0.29, 0.717) is 0 Å². The minimum absolute atomic E-state index is 0.0353. The maximum Gasteiger partial charge on any atom is 0.309 e. The van der Waals surface area contributed by atoms with E-state index in [1.54, 1.807) is 0 Å². The van der Waals surface area contributed by atoms with Gasteiger partial charge in [0.1, 0.15) is 12.7 Å². The number of ether oxygens (including phenoxy) is 2. The maximum atomic E-state index is 11.1. The van der Waals surface area contributed by atoms with Crippen LogP contribution in [0.15, 0.2) is 0 Å². The van der Waals surface area contributed by atoms with Gasteiger partial charge in [0, 0.05) is 6.42 Å². The third kappa shape index (κ3) is 2.23. The highest BCUT2D eigenvalue weighted by Gasteiger charge is 2.36. The van der Waals surface area contributed by atoms with Gasteiger partial charge >= 0.3 is 5.97 Å². The molecule has 0 bridgehead atoms. The van der Waals surface area contributed by atoms with E-state index in [1.807, 2.05) is 0 Å². The lowest BCUT2D eigenvalue weighted by Crippen LogP contribution is -2.28. The van der Waals surface area contributed by atoms with E-state index in [1.165, 1.54) is 0 Å². The van der Waals surface area contributed by atoms with Crippen molar-refractivity contribution < 1.29 is 24.5 Å².